The summed E-state index contributed by atoms with van der Waals surface area (Å²) in [5, 5.41) is 3.12. The molecule has 1 aromatic heterocycles. The van der Waals surface area contributed by atoms with Gasteiger partial charge in [-0.15, -0.1) is 0 Å². The summed E-state index contributed by atoms with van der Waals surface area (Å²) in [7, 11) is -4.02. The maximum atomic E-state index is 13.1. The number of sulfonamides is 1. The molecule has 0 saturated carbocycles. The molecule has 3 N–H and O–H groups in total. The Morgan fingerprint density at radius 2 is 1.94 bits per heavy atom. The van der Waals surface area contributed by atoms with Crippen molar-refractivity contribution in [2.24, 2.45) is 0 Å². The molecule has 0 radical (unpaired) electrons. The number of fused-ring (bicyclic) bond motifs is 1. The first kappa shape index (κ1) is 22.0. The molecule has 2 aromatic carbocycles. The Kier molecular flexibility index (Phi) is 5.98. The molecule has 3 aromatic rings. The number of benzene rings is 2. The van der Waals surface area contributed by atoms with Gasteiger partial charge in [0.1, 0.15) is 5.82 Å². The summed E-state index contributed by atoms with van der Waals surface area (Å²) < 4.78 is 46.7. The van der Waals surface area contributed by atoms with Gasteiger partial charge in [-0.2, -0.15) is 0 Å². The minimum atomic E-state index is -4.02. The number of nitrogens with one attached hydrogen (secondary N) is 3. The van der Waals surface area contributed by atoms with Crippen LogP contribution in [0.25, 0.3) is 10.9 Å². The van der Waals surface area contributed by atoms with Gasteiger partial charge in [0.15, 0.2) is 0 Å². The normalized spacial score (nSPS) is 17.2. The molecule has 1 amide bonds. The summed E-state index contributed by atoms with van der Waals surface area (Å²) in [5.74, 6) is -0.986. The number of halogens is 1. The zero-order valence-corrected chi connectivity index (χ0v) is 18.0. The number of H-pyrrole nitrogens is 1. The lowest BCUT2D eigenvalue weighted by molar-refractivity contribution is 0.0713. The summed E-state index contributed by atoms with van der Waals surface area (Å²) >= 11 is 0. The van der Waals surface area contributed by atoms with E-state index in [1.54, 1.807) is 0 Å². The van der Waals surface area contributed by atoms with E-state index in [0.29, 0.717) is 12.1 Å². The minimum absolute atomic E-state index is 0.0624. The average molecular weight is 459 g/mol. The van der Waals surface area contributed by atoms with Crippen LogP contribution in [0.4, 0.5) is 10.1 Å². The van der Waals surface area contributed by atoms with Crippen molar-refractivity contribution in [3.63, 3.8) is 0 Å². The van der Waals surface area contributed by atoms with Crippen molar-refractivity contribution in [1.29, 1.82) is 0 Å². The first-order valence-electron chi connectivity index (χ1n) is 10.1. The summed E-state index contributed by atoms with van der Waals surface area (Å²) in [6.07, 6.45) is 1.64. The summed E-state index contributed by atoms with van der Waals surface area (Å²) in [6.45, 7) is 2.47. The molecule has 0 bridgehead atoms. The van der Waals surface area contributed by atoms with Crippen molar-refractivity contribution in [1.82, 2.24) is 10.3 Å². The van der Waals surface area contributed by atoms with E-state index >= 15 is 0 Å². The lowest BCUT2D eigenvalue weighted by Gasteiger charge is -2.20. The molecule has 2 unspecified atom stereocenters. The van der Waals surface area contributed by atoms with Crippen LogP contribution in [0.5, 0.6) is 0 Å². The number of pyridine rings is 1. The van der Waals surface area contributed by atoms with Gasteiger partial charge in [0, 0.05) is 29.3 Å². The van der Waals surface area contributed by atoms with Gasteiger partial charge >= 0.3 is 0 Å². The number of carbonyl (C=O) groups excluding carboxylic acids is 1. The van der Waals surface area contributed by atoms with Crippen LogP contribution in [-0.2, 0) is 14.8 Å². The zero-order chi connectivity index (χ0) is 22.9. The quantitative estimate of drug-likeness (QED) is 0.524. The van der Waals surface area contributed by atoms with Crippen LogP contribution in [0.1, 0.15) is 30.1 Å². The number of hydrogen-bond acceptors (Lipinski definition) is 5. The van der Waals surface area contributed by atoms with Gasteiger partial charge in [0.05, 0.1) is 22.6 Å². The molecule has 1 aliphatic heterocycles. The third-order valence-electron chi connectivity index (χ3n) is 5.35. The fraction of sp³-hybridized carbons (Fsp3) is 0.273. The Labute approximate surface area is 183 Å². The maximum absolute atomic E-state index is 13.1. The second kappa shape index (κ2) is 8.71. The van der Waals surface area contributed by atoms with E-state index < -0.39 is 27.3 Å². The predicted octanol–water partition coefficient (Wildman–Crippen LogP) is 2.77. The second-order valence-electron chi connectivity index (χ2n) is 7.68. The van der Waals surface area contributed by atoms with E-state index in [2.05, 4.69) is 15.0 Å². The van der Waals surface area contributed by atoms with Crippen LogP contribution in [0.15, 0.2) is 58.2 Å². The van der Waals surface area contributed by atoms with Crippen molar-refractivity contribution >= 4 is 32.5 Å². The molecule has 2 atom stereocenters. The smallest absolute Gasteiger partial charge is 0.261 e. The minimum Gasteiger partial charge on any atom is -0.376 e. The summed E-state index contributed by atoms with van der Waals surface area (Å²) in [4.78, 5) is 27.5. The SMILES string of the molecule is CC(NC(=O)c1cc(=O)[nH]c2ccc(S(=O)(=O)Nc3ccc(F)cc3)cc12)C1CCCO1. The van der Waals surface area contributed by atoms with E-state index in [0.717, 1.165) is 31.0 Å². The first-order valence-corrected chi connectivity index (χ1v) is 11.6. The molecule has 8 nitrogen and oxygen atoms in total. The number of aromatic amines is 1. The molecule has 0 aliphatic carbocycles. The molecule has 2 heterocycles. The van der Waals surface area contributed by atoms with Gasteiger partial charge in [-0.3, -0.25) is 14.3 Å². The molecular weight excluding hydrogens is 437 g/mol. The molecule has 4 rings (SSSR count). The van der Waals surface area contributed by atoms with Crippen LogP contribution in [0.2, 0.25) is 0 Å². The summed E-state index contributed by atoms with van der Waals surface area (Å²) in [6, 6.07) is 9.82. The van der Waals surface area contributed by atoms with Gasteiger partial charge < -0.3 is 15.0 Å². The highest BCUT2D eigenvalue weighted by atomic mass is 32.2. The zero-order valence-electron chi connectivity index (χ0n) is 17.2. The molecule has 168 valence electrons. The van der Waals surface area contributed by atoms with Gasteiger partial charge in [-0.25, -0.2) is 12.8 Å². The van der Waals surface area contributed by atoms with E-state index in [4.69, 9.17) is 4.74 Å². The van der Waals surface area contributed by atoms with Gasteiger partial charge in [-0.1, -0.05) is 0 Å². The van der Waals surface area contributed by atoms with Crippen molar-refractivity contribution in [3.05, 3.63) is 70.3 Å². The molecule has 0 spiro atoms. The highest BCUT2D eigenvalue weighted by molar-refractivity contribution is 7.92. The third kappa shape index (κ3) is 4.66. The molecule has 32 heavy (non-hydrogen) atoms. The molecule has 10 heteroatoms. The number of rotatable bonds is 6. The number of anilines is 1. The Balaban J connectivity index is 1.68. The highest BCUT2D eigenvalue weighted by Crippen LogP contribution is 2.23. The Hall–Kier alpha value is -3.24. The molecule has 1 saturated heterocycles. The lowest BCUT2D eigenvalue weighted by Crippen LogP contribution is -2.41. The van der Waals surface area contributed by atoms with Crippen LogP contribution in [0, 0.1) is 5.82 Å². The van der Waals surface area contributed by atoms with Crippen molar-refractivity contribution < 1.29 is 22.3 Å². The Bertz CT molecular complexity index is 1320. The fourth-order valence-electron chi connectivity index (χ4n) is 3.69. The van der Waals surface area contributed by atoms with Gasteiger partial charge in [-0.05, 0) is 62.2 Å². The number of amides is 1. The number of ether oxygens (including phenoxy) is 1. The number of carbonyl (C=O) groups is 1. The Morgan fingerprint density at radius 3 is 2.62 bits per heavy atom. The maximum Gasteiger partial charge on any atom is 0.261 e. The van der Waals surface area contributed by atoms with E-state index in [-0.39, 0.29) is 33.7 Å². The molecule has 1 fully saturated rings. The van der Waals surface area contributed by atoms with Crippen LogP contribution < -0.4 is 15.6 Å². The average Bonchev–Trinajstić information content (AvgIpc) is 3.29. The van der Waals surface area contributed by atoms with E-state index in [1.807, 2.05) is 6.92 Å². The summed E-state index contributed by atoms with van der Waals surface area (Å²) in [5.41, 5.74) is 0.101. The second-order valence-corrected chi connectivity index (χ2v) is 9.36. The molecule has 1 aliphatic rings. The largest absolute Gasteiger partial charge is 0.376 e. The predicted molar refractivity (Wildman–Crippen MR) is 118 cm³/mol. The molecular formula is C22H22FN3O5S. The Morgan fingerprint density at radius 1 is 1.19 bits per heavy atom. The standard InChI is InChI=1S/C22H22FN3O5S/c1-13(20-3-2-10-31-20)24-22(28)18-12-21(27)25-19-9-8-16(11-17(18)19)32(29,30)26-15-6-4-14(23)5-7-15/h4-9,11-13,20,26H,2-3,10H2,1H3,(H,24,28)(H,25,27). The van der Waals surface area contributed by atoms with Crippen LogP contribution in [0.3, 0.4) is 0 Å². The number of aromatic nitrogens is 1. The van der Waals surface area contributed by atoms with Crippen LogP contribution >= 0.6 is 0 Å². The first-order chi connectivity index (χ1) is 15.2. The van der Waals surface area contributed by atoms with Gasteiger partial charge in [0.25, 0.3) is 15.9 Å². The van der Waals surface area contributed by atoms with Crippen LogP contribution in [-0.4, -0.2) is 38.1 Å². The van der Waals surface area contributed by atoms with E-state index in [9.17, 15) is 22.4 Å². The van der Waals surface area contributed by atoms with E-state index in [1.165, 1.54) is 30.3 Å². The lowest BCUT2D eigenvalue weighted by atomic mass is 10.1. The highest BCUT2D eigenvalue weighted by Gasteiger charge is 2.25. The van der Waals surface area contributed by atoms with Crippen molar-refractivity contribution in [2.45, 2.75) is 36.8 Å². The van der Waals surface area contributed by atoms with Crippen molar-refractivity contribution in [2.75, 3.05) is 11.3 Å². The fourth-order valence-corrected chi connectivity index (χ4v) is 4.78. The van der Waals surface area contributed by atoms with Crippen molar-refractivity contribution in [3.8, 4) is 0 Å². The number of hydrogen-bond donors (Lipinski definition) is 3. The monoisotopic (exact) mass is 459 g/mol. The third-order valence-corrected chi connectivity index (χ3v) is 6.73. The van der Waals surface area contributed by atoms with Gasteiger partial charge in [0.2, 0.25) is 5.56 Å². The topological polar surface area (TPSA) is 117 Å².